The quantitative estimate of drug-likeness (QED) is 0.829. The predicted molar refractivity (Wildman–Crippen MR) is 60.5 cm³/mol. The summed E-state index contributed by atoms with van der Waals surface area (Å²) in [5.41, 5.74) is 5.60. The Bertz CT molecular complexity index is 561. The van der Waals surface area contributed by atoms with E-state index in [2.05, 4.69) is 4.98 Å². The highest BCUT2D eigenvalue weighted by molar-refractivity contribution is 5.96. The second kappa shape index (κ2) is 3.91. The normalized spacial score (nSPS) is 12.0. The van der Waals surface area contributed by atoms with Gasteiger partial charge in [0.15, 0.2) is 0 Å². The van der Waals surface area contributed by atoms with Crippen LogP contribution in [0.2, 0.25) is 0 Å². The largest absolute Gasteiger partial charge is 0.417 e. The third-order valence-corrected chi connectivity index (χ3v) is 2.71. The molecule has 2 nitrogen and oxygen atoms in total. The van der Waals surface area contributed by atoms with Gasteiger partial charge in [-0.1, -0.05) is 19.1 Å². The average molecular weight is 240 g/mol. The van der Waals surface area contributed by atoms with Gasteiger partial charge in [-0.25, -0.2) is 4.98 Å². The van der Waals surface area contributed by atoms with Gasteiger partial charge in [0.25, 0.3) is 0 Å². The summed E-state index contributed by atoms with van der Waals surface area (Å²) in [5.74, 6) is -0.0786. The van der Waals surface area contributed by atoms with E-state index in [1.54, 1.807) is 6.07 Å². The van der Waals surface area contributed by atoms with Crippen molar-refractivity contribution < 1.29 is 13.2 Å². The first-order valence-electron chi connectivity index (χ1n) is 5.18. The number of hydrogen-bond donors (Lipinski definition) is 1. The first kappa shape index (κ1) is 11.7. The van der Waals surface area contributed by atoms with Crippen molar-refractivity contribution in [2.45, 2.75) is 19.5 Å². The van der Waals surface area contributed by atoms with E-state index < -0.39 is 11.7 Å². The van der Waals surface area contributed by atoms with E-state index in [1.165, 1.54) is 12.3 Å². The van der Waals surface area contributed by atoms with E-state index >= 15 is 0 Å². The molecule has 0 amide bonds. The lowest BCUT2D eigenvalue weighted by Crippen LogP contribution is -2.08. The fourth-order valence-electron chi connectivity index (χ4n) is 1.90. The first-order chi connectivity index (χ1) is 7.95. The molecule has 0 aliphatic carbocycles. The summed E-state index contributed by atoms with van der Waals surface area (Å²) in [6, 6.07) is 4.06. The number of aryl methyl sites for hydroxylation is 1. The summed E-state index contributed by atoms with van der Waals surface area (Å²) < 4.78 is 38.6. The molecule has 90 valence electrons. The molecule has 2 N–H and O–H groups in total. The zero-order valence-corrected chi connectivity index (χ0v) is 9.17. The van der Waals surface area contributed by atoms with Crippen molar-refractivity contribution in [3.05, 3.63) is 35.5 Å². The zero-order chi connectivity index (χ0) is 12.6. The average Bonchev–Trinajstić information content (AvgIpc) is 2.28. The molecule has 1 aromatic carbocycles. The Morgan fingerprint density at radius 1 is 1.29 bits per heavy atom. The minimum absolute atomic E-state index is 0.000602. The summed E-state index contributed by atoms with van der Waals surface area (Å²) in [5, 5.41) is 0.522. The van der Waals surface area contributed by atoms with Gasteiger partial charge in [-0.3, -0.25) is 0 Å². The molecule has 2 rings (SSSR count). The number of aromatic nitrogens is 1. The lowest BCUT2D eigenvalue weighted by molar-refractivity contribution is -0.136. The Morgan fingerprint density at radius 2 is 2.00 bits per heavy atom. The van der Waals surface area contributed by atoms with Gasteiger partial charge in [0, 0.05) is 11.6 Å². The Hall–Kier alpha value is -1.78. The molecule has 5 heteroatoms. The Morgan fingerprint density at radius 3 is 2.59 bits per heavy atom. The minimum Gasteiger partial charge on any atom is -0.383 e. The van der Waals surface area contributed by atoms with Crippen molar-refractivity contribution in [1.82, 2.24) is 4.98 Å². The standard InChI is InChI=1S/C12H11F3N2/c1-2-7-6-17-11(16)10-8(7)4-3-5-9(10)12(13,14)15/h3-6H,2H2,1H3,(H2,16,17). The number of pyridine rings is 1. The van der Waals surface area contributed by atoms with Crippen molar-refractivity contribution in [3.63, 3.8) is 0 Å². The van der Waals surface area contributed by atoms with E-state index in [0.29, 0.717) is 11.8 Å². The molecule has 0 aliphatic heterocycles. The number of nitrogens with zero attached hydrogens (tertiary/aromatic N) is 1. The van der Waals surface area contributed by atoms with Crippen LogP contribution in [0, 0.1) is 0 Å². The molecule has 0 unspecified atom stereocenters. The van der Waals surface area contributed by atoms with Crippen molar-refractivity contribution >= 4 is 16.6 Å². The second-order valence-electron chi connectivity index (χ2n) is 3.75. The van der Waals surface area contributed by atoms with Gasteiger partial charge in [-0.2, -0.15) is 13.2 Å². The fraction of sp³-hybridized carbons (Fsp3) is 0.250. The highest BCUT2D eigenvalue weighted by Gasteiger charge is 2.33. The monoisotopic (exact) mass is 240 g/mol. The fourth-order valence-corrected chi connectivity index (χ4v) is 1.90. The molecule has 0 radical (unpaired) electrons. The van der Waals surface area contributed by atoms with Crippen molar-refractivity contribution in [3.8, 4) is 0 Å². The van der Waals surface area contributed by atoms with E-state index in [0.717, 1.165) is 11.6 Å². The van der Waals surface area contributed by atoms with Crippen molar-refractivity contribution in [1.29, 1.82) is 0 Å². The molecule has 2 aromatic rings. The molecule has 1 heterocycles. The highest BCUT2D eigenvalue weighted by Crippen LogP contribution is 2.37. The number of benzene rings is 1. The topological polar surface area (TPSA) is 38.9 Å². The van der Waals surface area contributed by atoms with Crippen LogP contribution in [0.3, 0.4) is 0 Å². The van der Waals surface area contributed by atoms with Crippen molar-refractivity contribution in [2.24, 2.45) is 0 Å². The molecule has 0 atom stereocenters. The van der Waals surface area contributed by atoms with Crippen LogP contribution in [-0.4, -0.2) is 4.98 Å². The molecule has 0 aliphatic rings. The number of halogens is 3. The maximum absolute atomic E-state index is 12.9. The molecular weight excluding hydrogens is 229 g/mol. The Labute approximate surface area is 96.3 Å². The van der Waals surface area contributed by atoms with Crippen LogP contribution in [0.15, 0.2) is 24.4 Å². The van der Waals surface area contributed by atoms with Gasteiger partial charge in [-0.05, 0) is 23.4 Å². The molecule has 0 spiro atoms. The molecule has 0 bridgehead atoms. The third-order valence-electron chi connectivity index (χ3n) is 2.71. The number of nitrogen functional groups attached to an aromatic ring is 1. The van der Waals surface area contributed by atoms with E-state index in [-0.39, 0.29) is 11.2 Å². The number of fused-ring (bicyclic) bond motifs is 1. The predicted octanol–water partition coefficient (Wildman–Crippen LogP) is 3.40. The summed E-state index contributed by atoms with van der Waals surface area (Å²) >= 11 is 0. The maximum Gasteiger partial charge on any atom is 0.417 e. The van der Waals surface area contributed by atoms with Crippen LogP contribution < -0.4 is 5.73 Å². The van der Waals surface area contributed by atoms with Gasteiger partial charge in [-0.15, -0.1) is 0 Å². The second-order valence-corrected chi connectivity index (χ2v) is 3.75. The summed E-state index contributed by atoms with van der Waals surface area (Å²) in [6.07, 6.45) is -2.27. The maximum atomic E-state index is 12.9. The van der Waals surface area contributed by atoms with Gasteiger partial charge in [0.05, 0.1) is 5.56 Å². The van der Waals surface area contributed by atoms with Gasteiger partial charge >= 0.3 is 6.18 Å². The number of rotatable bonds is 1. The molecular formula is C12H11F3N2. The molecule has 0 fully saturated rings. The first-order valence-corrected chi connectivity index (χ1v) is 5.18. The Kier molecular flexibility index (Phi) is 2.69. The number of hydrogen-bond acceptors (Lipinski definition) is 2. The van der Waals surface area contributed by atoms with Crippen LogP contribution in [0.25, 0.3) is 10.8 Å². The van der Waals surface area contributed by atoms with Gasteiger partial charge < -0.3 is 5.73 Å². The minimum atomic E-state index is -4.42. The van der Waals surface area contributed by atoms with E-state index in [1.807, 2.05) is 6.92 Å². The molecule has 0 saturated heterocycles. The summed E-state index contributed by atoms with van der Waals surface area (Å²) in [4.78, 5) is 3.83. The smallest absolute Gasteiger partial charge is 0.383 e. The number of alkyl halides is 3. The van der Waals surface area contributed by atoms with Crippen LogP contribution >= 0.6 is 0 Å². The van der Waals surface area contributed by atoms with Crippen LogP contribution in [-0.2, 0) is 12.6 Å². The van der Waals surface area contributed by atoms with Gasteiger partial charge in [0.2, 0.25) is 0 Å². The summed E-state index contributed by atoms with van der Waals surface area (Å²) in [7, 11) is 0. The van der Waals surface area contributed by atoms with Crippen LogP contribution in [0.4, 0.5) is 19.0 Å². The number of anilines is 1. The molecule has 0 saturated carbocycles. The third kappa shape index (κ3) is 1.92. The van der Waals surface area contributed by atoms with Gasteiger partial charge in [0.1, 0.15) is 5.82 Å². The summed E-state index contributed by atoms with van der Waals surface area (Å²) in [6.45, 7) is 1.87. The molecule has 1 aromatic heterocycles. The lowest BCUT2D eigenvalue weighted by Gasteiger charge is -2.13. The van der Waals surface area contributed by atoms with Crippen LogP contribution in [0.1, 0.15) is 18.1 Å². The van der Waals surface area contributed by atoms with Crippen molar-refractivity contribution in [2.75, 3.05) is 5.73 Å². The van der Waals surface area contributed by atoms with E-state index in [9.17, 15) is 13.2 Å². The zero-order valence-electron chi connectivity index (χ0n) is 9.17. The number of nitrogens with two attached hydrogens (primary N) is 1. The molecule has 17 heavy (non-hydrogen) atoms. The lowest BCUT2D eigenvalue weighted by atomic mass is 10.0. The van der Waals surface area contributed by atoms with E-state index in [4.69, 9.17) is 5.73 Å². The Balaban J connectivity index is 2.89. The van der Waals surface area contributed by atoms with Crippen LogP contribution in [0.5, 0.6) is 0 Å². The SMILES string of the molecule is CCc1cnc(N)c2c(C(F)(F)F)cccc12. The highest BCUT2D eigenvalue weighted by atomic mass is 19.4.